The topological polar surface area (TPSA) is 0 Å². The Morgan fingerprint density at radius 1 is 0.812 bits per heavy atom. The second kappa shape index (κ2) is 6.69. The maximum absolute atomic E-state index is 2.34. The lowest BCUT2D eigenvalue weighted by atomic mass is 10.0. The Morgan fingerprint density at radius 2 is 1.38 bits per heavy atom. The molecule has 0 N–H and O–H groups in total. The molecule has 84 valence electrons. The molecule has 0 fully saturated rings. The second-order valence-corrected chi connectivity index (χ2v) is 4.63. The smallest absolute Gasteiger partial charge is 0.0136 e. The fourth-order valence-electron chi connectivity index (χ4n) is 1.49. The third-order valence-corrected chi connectivity index (χ3v) is 2.85. The van der Waals surface area contributed by atoms with Gasteiger partial charge in [0, 0.05) is 3.57 Å². The van der Waals surface area contributed by atoms with Crippen LogP contribution in [0.4, 0.5) is 0 Å². The molecule has 0 nitrogen and oxygen atoms in total. The largest absolute Gasteiger partial charge is 0.0683 e. The van der Waals surface area contributed by atoms with E-state index in [1.165, 1.54) is 20.3 Å². The number of hydrogen-bond acceptors (Lipinski definition) is 0. The van der Waals surface area contributed by atoms with Crippen LogP contribution in [0.15, 0.2) is 48.5 Å². The van der Waals surface area contributed by atoms with Gasteiger partial charge in [-0.05, 0) is 52.8 Å². The molecule has 0 saturated carbocycles. The summed E-state index contributed by atoms with van der Waals surface area (Å²) in [4.78, 5) is 0. The molecule has 0 radical (unpaired) electrons. The van der Waals surface area contributed by atoms with Crippen LogP contribution in [0.25, 0.3) is 11.1 Å². The lowest BCUT2D eigenvalue weighted by molar-refractivity contribution is 1.46. The van der Waals surface area contributed by atoms with Crippen LogP contribution in [0.5, 0.6) is 0 Å². The van der Waals surface area contributed by atoms with Gasteiger partial charge in [0.1, 0.15) is 0 Å². The van der Waals surface area contributed by atoms with Crippen molar-refractivity contribution >= 4 is 22.6 Å². The van der Waals surface area contributed by atoms with E-state index in [0.29, 0.717) is 0 Å². The first kappa shape index (κ1) is 13.2. The van der Waals surface area contributed by atoms with Gasteiger partial charge in [-0.15, -0.1) is 0 Å². The van der Waals surface area contributed by atoms with E-state index in [4.69, 9.17) is 0 Å². The van der Waals surface area contributed by atoms with E-state index in [0.717, 1.165) is 0 Å². The van der Waals surface area contributed by atoms with Crippen LogP contribution in [-0.2, 0) is 0 Å². The number of hydrogen-bond donors (Lipinski definition) is 0. The molecule has 0 bridgehead atoms. The highest BCUT2D eigenvalue weighted by Gasteiger charge is 1.97. The maximum Gasteiger partial charge on any atom is 0.0136 e. The Morgan fingerprint density at radius 3 is 1.94 bits per heavy atom. The highest BCUT2D eigenvalue weighted by atomic mass is 127. The number of halogens is 1. The minimum atomic E-state index is 1.28. The van der Waals surface area contributed by atoms with E-state index in [1.54, 1.807) is 0 Å². The Kier molecular flexibility index (Phi) is 5.53. The Balaban J connectivity index is 0.000000606. The molecule has 2 aromatic carbocycles. The van der Waals surface area contributed by atoms with Crippen molar-refractivity contribution in [2.75, 3.05) is 0 Å². The Labute approximate surface area is 112 Å². The van der Waals surface area contributed by atoms with Crippen molar-refractivity contribution in [3.05, 3.63) is 57.7 Å². The summed E-state index contributed by atoms with van der Waals surface area (Å²) in [6.07, 6.45) is 0. The van der Waals surface area contributed by atoms with E-state index in [1.807, 2.05) is 13.8 Å². The minimum absolute atomic E-state index is 1.28. The fourth-order valence-corrected chi connectivity index (χ4v) is 2.04. The molecule has 0 atom stereocenters. The average Bonchev–Trinajstić information content (AvgIpc) is 2.32. The molecule has 0 unspecified atom stereocenters. The lowest BCUT2D eigenvalue weighted by Gasteiger charge is -2.02. The van der Waals surface area contributed by atoms with Crippen molar-refractivity contribution in [3.63, 3.8) is 0 Å². The average molecular weight is 324 g/mol. The Hall–Kier alpha value is -0.830. The normalized spacial score (nSPS) is 9.25. The summed E-state index contributed by atoms with van der Waals surface area (Å²) >= 11 is 2.34. The van der Waals surface area contributed by atoms with Gasteiger partial charge in [0.2, 0.25) is 0 Å². The third kappa shape index (κ3) is 3.63. The van der Waals surface area contributed by atoms with Gasteiger partial charge in [-0.2, -0.15) is 0 Å². The summed E-state index contributed by atoms with van der Waals surface area (Å²) in [6, 6.07) is 17.2. The number of benzene rings is 2. The van der Waals surface area contributed by atoms with E-state index in [-0.39, 0.29) is 0 Å². The summed E-state index contributed by atoms with van der Waals surface area (Å²) in [5.41, 5.74) is 3.89. The van der Waals surface area contributed by atoms with Gasteiger partial charge in [0.25, 0.3) is 0 Å². The van der Waals surface area contributed by atoms with Crippen molar-refractivity contribution in [2.45, 2.75) is 20.8 Å². The predicted molar refractivity (Wildman–Crippen MR) is 80.7 cm³/mol. The lowest BCUT2D eigenvalue weighted by Crippen LogP contribution is -1.79. The van der Waals surface area contributed by atoms with Crippen molar-refractivity contribution in [3.8, 4) is 11.1 Å². The van der Waals surface area contributed by atoms with Crippen LogP contribution in [0.3, 0.4) is 0 Å². The van der Waals surface area contributed by atoms with Crippen molar-refractivity contribution < 1.29 is 0 Å². The summed E-state index contributed by atoms with van der Waals surface area (Å²) < 4.78 is 1.28. The summed E-state index contributed by atoms with van der Waals surface area (Å²) in [5.74, 6) is 0. The molecule has 0 spiro atoms. The van der Waals surface area contributed by atoms with Crippen molar-refractivity contribution in [2.24, 2.45) is 0 Å². The van der Waals surface area contributed by atoms with E-state index < -0.39 is 0 Å². The monoisotopic (exact) mass is 324 g/mol. The molecule has 16 heavy (non-hydrogen) atoms. The molecule has 2 aromatic rings. The zero-order valence-corrected chi connectivity index (χ0v) is 12.2. The summed E-state index contributed by atoms with van der Waals surface area (Å²) in [5, 5.41) is 0. The van der Waals surface area contributed by atoms with Crippen molar-refractivity contribution in [1.29, 1.82) is 0 Å². The first-order valence-corrected chi connectivity index (χ1v) is 6.66. The molecule has 0 aromatic heterocycles. The van der Waals surface area contributed by atoms with Gasteiger partial charge in [0.05, 0.1) is 0 Å². The SMILES string of the molecule is CC.Cc1cccc(-c2cccc(I)c2)c1. The molecule has 0 amide bonds. The van der Waals surface area contributed by atoms with Crippen LogP contribution in [-0.4, -0.2) is 0 Å². The quantitative estimate of drug-likeness (QED) is 0.625. The van der Waals surface area contributed by atoms with Gasteiger partial charge >= 0.3 is 0 Å². The van der Waals surface area contributed by atoms with Crippen molar-refractivity contribution in [1.82, 2.24) is 0 Å². The van der Waals surface area contributed by atoms with Gasteiger partial charge < -0.3 is 0 Å². The molecular formula is C15H17I. The Bertz CT molecular complexity index is 403. The zero-order valence-electron chi connectivity index (χ0n) is 10.00. The van der Waals surface area contributed by atoms with Gasteiger partial charge in [-0.3, -0.25) is 0 Å². The minimum Gasteiger partial charge on any atom is -0.0683 e. The van der Waals surface area contributed by atoms with Gasteiger partial charge in [-0.1, -0.05) is 55.8 Å². The van der Waals surface area contributed by atoms with Crippen LogP contribution in [0, 0.1) is 10.5 Å². The van der Waals surface area contributed by atoms with E-state index in [2.05, 4.69) is 78.0 Å². The zero-order chi connectivity index (χ0) is 12.0. The molecule has 0 saturated heterocycles. The molecule has 0 heterocycles. The third-order valence-electron chi connectivity index (χ3n) is 2.18. The maximum atomic E-state index is 2.34. The number of rotatable bonds is 1. The number of aryl methyl sites for hydroxylation is 1. The highest BCUT2D eigenvalue weighted by Crippen LogP contribution is 2.21. The molecule has 2 rings (SSSR count). The fraction of sp³-hybridized carbons (Fsp3) is 0.200. The predicted octanol–water partition coefficient (Wildman–Crippen LogP) is 5.29. The molecule has 0 aliphatic rings. The first-order valence-electron chi connectivity index (χ1n) is 5.58. The molecule has 0 aliphatic carbocycles. The first-order chi connectivity index (χ1) is 7.75. The van der Waals surface area contributed by atoms with Gasteiger partial charge in [-0.25, -0.2) is 0 Å². The molecular weight excluding hydrogens is 307 g/mol. The van der Waals surface area contributed by atoms with E-state index >= 15 is 0 Å². The van der Waals surface area contributed by atoms with Crippen LogP contribution in [0.1, 0.15) is 19.4 Å². The second-order valence-electron chi connectivity index (χ2n) is 3.38. The summed E-state index contributed by atoms with van der Waals surface area (Å²) in [6.45, 7) is 6.12. The molecule has 0 aliphatic heterocycles. The van der Waals surface area contributed by atoms with Crippen LogP contribution in [0.2, 0.25) is 0 Å². The van der Waals surface area contributed by atoms with Gasteiger partial charge in [0.15, 0.2) is 0 Å². The van der Waals surface area contributed by atoms with Crippen LogP contribution < -0.4 is 0 Å². The standard InChI is InChI=1S/C13H11I.C2H6/c1-10-4-2-5-11(8-10)12-6-3-7-13(14)9-12;1-2/h2-9H,1H3;1-2H3. The van der Waals surface area contributed by atoms with E-state index in [9.17, 15) is 0 Å². The molecule has 1 heteroatoms. The van der Waals surface area contributed by atoms with Crippen LogP contribution >= 0.6 is 22.6 Å². The summed E-state index contributed by atoms with van der Waals surface area (Å²) in [7, 11) is 0. The highest BCUT2D eigenvalue weighted by molar-refractivity contribution is 14.1.